The minimum Gasteiger partial charge on any atom is -0.478 e. The standard InChI is InChI=1S/C12H10BrN3O4S/c13-8-2-4-11(15-6-8)16-21(19,20)10-3-1-7(12(17)18)5-9(10)14/h1-6H,14H2,(H,15,16)(H,17,18). The van der Waals surface area contributed by atoms with E-state index in [9.17, 15) is 13.2 Å². The van der Waals surface area contributed by atoms with Crippen molar-refractivity contribution in [3.05, 3.63) is 46.6 Å². The number of carboxylic acids is 1. The number of aromatic nitrogens is 1. The van der Waals surface area contributed by atoms with Crippen molar-refractivity contribution in [3.8, 4) is 0 Å². The van der Waals surface area contributed by atoms with Crippen molar-refractivity contribution in [1.29, 1.82) is 0 Å². The number of pyridine rings is 1. The predicted molar refractivity (Wildman–Crippen MR) is 80.6 cm³/mol. The molecular formula is C12H10BrN3O4S. The molecule has 2 aromatic rings. The van der Waals surface area contributed by atoms with Gasteiger partial charge in [0.25, 0.3) is 10.0 Å². The van der Waals surface area contributed by atoms with Crippen molar-refractivity contribution < 1.29 is 18.3 Å². The highest BCUT2D eigenvalue weighted by Crippen LogP contribution is 2.22. The number of hydrogen-bond acceptors (Lipinski definition) is 5. The Morgan fingerprint density at radius 2 is 2.00 bits per heavy atom. The van der Waals surface area contributed by atoms with Crippen LogP contribution in [-0.4, -0.2) is 24.5 Å². The van der Waals surface area contributed by atoms with E-state index < -0.39 is 16.0 Å². The molecule has 0 aliphatic rings. The van der Waals surface area contributed by atoms with E-state index in [4.69, 9.17) is 10.8 Å². The summed E-state index contributed by atoms with van der Waals surface area (Å²) in [4.78, 5) is 14.5. The van der Waals surface area contributed by atoms with Gasteiger partial charge in [-0.1, -0.05) is 0 Å². The first-order chi connectivity index (χ1) is 9.79. The van der Waals surface area contributed by atoms with Gasteiger partial charge in [-0.2, -0.15) is 0 Å². The third-order valence-corrected chi connectivity index (χ3v) is 4.41. The van der Waals surface area contributed by atoms with Crippen LogP contribution in [0.5, 0.6) is 0 Å². The number of carbonyl (C=O) groups is 1. The Hall–Kier alpha value is -2.13. The topological polar surface area (TPSA) is 122 Å². The van der Waals surface area contributed by atoms with Crippen molar-refractivity contribution in [3.63, 3.8) is 0 Å². The number of nitrogens with zero attached hydrogens (tertiary/aromatic N) is 1. The second kappa shape index (κ2) is 5.70. The quantitative estimate of drug-likeness (QED) is 0.705. The monoisotopic (exact) mass is 371 g/mol. The lowest BCUT2D eigenvalue weighted by Gasteiger charge is -2.10. The summed E-state index contributed by atoms with van der Waals surface area (Å²) in [5.41, 5.74) is 5.37. The molecule has 0 bridgehead atoms. The number of carboxylic acid groups (broad SMARTS) is 1. The minimum atomic E-state index is -3.95. The van der Waals surface area contributed by atoms with E-state index in [1.165, 1.54) is 18.3 Å². The first-order valence-electron chi connectivity index (χ1n) is 5.57. The van der Waals surface area contributed by atoms with Gasteiger partial charge in [-0.25, -0.2) is 18.2 Å². The predicted octanol–water partition coefficient (Wildman–Crippen LogP) is 1.93. The van der Waals surface area contributed by atoms with Crippen LogP contribution >= 0.6 is 15.9 Å². The molecule has 0 radical (unpaired) electrons. The number of nitrogens with one attached hydrogen (secondary N) is 1. The average Bonchev–Trinajstić information content (AvgIpc) is 2.40. The van der Waals surface area contributed by atoms with E-state index in [2.05, 4.69) is 25.6 Å². The average molecular weight is 372 g/mol. The Kier molecular flexibility index (Phi) is 4.14. The number of nitrogen functional groups attached to an aromatic ring is 1. The Morgan fingerprint density at radius 3 is 2.52 bits per heavy atom. The minimum absolute atomic E-state index is 0.0896. The summed E-state index contributed by atoms with van der Waals surface area (Å²) in [7, 11) is -3.95. The molecule has 0 aliphatic carbocycles. The number of aromatic carboxylic acids is 1. The molecule has 110 valence electrons. The van der Waals surface area contributed by atoms with E-state index in [0.717, 1.165) is 12.1 Å². The fourth-order valence-electron chi connectivity index (χ4n) is 1.56. The maximum absolute atomic E-state index is 12.2. The van der Waals surface area contributed by atoms with Crippen molar-refractivity contribution in [2.75, 3.05) is 10.5 Å². The van der Waals surface area contributed by atoms with Gasteiger partial charge in [0.2, 0.25) is 0 Å². The molecule has 1 aromatic heterocycles. The largest absolute Gasteiger partial charge is 0.478 e. The van der Waals surface area contributed by atoms with Crippen molar-refractivity contribution in [2.24, 2.45) is 0 Å². The third-order valence-electron chi connectivity index (χ3n) is 2.51. The molecule has 9 heteroatoms. The van der Waals surface area contributed by atoms with Crippen LogP contribution < -0.4 is 10.5 Å². The second-order valence-electron chi connectivity index (χ2n) is 4.02. The van der Waals surface area contributed by atoms with Gasteiger partial charge in [0.1, 0.15) is 10.7 Å². The first kappa shape index (κ1) is 15.3. The van der Waals surface area contributed by atoms with Crippen molar-refractivity contribution >= 4 is 43.4 Å². The van der Waals surface area contributed by atoms with Gasteiger partial charge in [0.15, 0.2) is 0 Å². The summed E-state index contributed by atoms with van der Waals surface area (Å²) in [5.74, 6) is -1.06. The molecular weight excluding hydrogens is 362 g/mol. The summed E-state index contributed by atoms with van der Waals surface area (Å²) in [6.07, 6.45) is 1.44. The van der Waals surface area contributed by atoms with Gasteiger partial charge in [-0.15, -0.1) is 0 Å². The molecule has 0 fully saturated rings. The number of hydrogen-bond donors (Lipinski definition) is 3. The summed E-state index contributed by atoms with van der Waals surface area (Å²) in [5, 5.41) is 8.83. The van der Waals surface area contributed by atoms with E-state index in [1.54, 1.807) is 6.07 Å². The second-order valence-corrected chi connectivity index (χ2v) is 6.59. The Balaban J connectivity index is 2.35. The summed E-state index contributed by atoms with van der Waals surface area (Å²) in [6.45, 7) is 0. The van der Waals surface area contributed by atoms with Gasteiger partial charge in [-0.05, 0) is 46.3 Å². The highest BCUT2D eigenvalue weighted by atomic mass is 79.9. The number of halogens is 1. The number of benzene rings is 1. The van der Waals surface area contributed by atoms with Crippen molar-refractivity contribution in [2.45, 2.75) is 4.90 Å². The molecule has 1 aromatic carbocycles. The molecule has 0 spiro atoms. The van der Waals surface area contributed by atoms with Crippen LogP contribution in [0.15, 0.2) is 45.9 Å². The normalized spacial score (nSPS) is 11.1. The maximum atomic E-state index is 12.2. The van der Waals surface area contributed by atoms with Gasteiger partial charge in [-0.3, -0.25) is 4.72 Å². The fourth-order valence-corrected chi connectivity index (χ4v) is 2.91. The maximum Gasteiger partial charge on any atom is 0.335 e. The van der Waals surface area contributed by atoms with Crippen LogP contribution in [0.25, 0.3) is 0 Å². The van der Waals surface area contributed by atoms with E-state index >= 15 is 0 Å². The van der Waals surface area contributed by atoms with Crippen LogP contribution in [0.3, 0.4) is 0 Å². The molecule has 0 aliphatic heterocycles. The summed E-state index contributed by atoms with van der Waals surface area (Å²) in [6, 6.07) is 6.50. The molecule has 0 unspecified atom stereocenters. The van der Waals surface area contributed by atoms with Crippen LogP contribution in [0.1, 0.15) is 10.4 Å². The summed E-state index contributed by atoms with van der Waals surface area (Å²) < 4.78 is 27.4. The van der Waals surface area contributed by atoms with Gasteiger partial charge in [0.05, 0.1) is 11.3 Å². The molecule has 0 amide bonds. The zero-order valence-corrected chi connectivity index (χ0v) is 12.8. The Morgan fingerprint density at radius 1 is 1.29 bits per heavy atom. The van der Waals surface area contributed by atoms with Crippen LogP contribution in [0.2, 0.25) is 0 Å². The highest BCUT2D eigenvalue weighted by molar-refractivity contribution is 9.10. The number of nitrogens with two attached hydrogens (primary N) is 1. The van der Waals surface area contributed by atoms with Crippen LogP contribution in [-0.2, 0) is 10.0 Å². The van der Waals surface area contributed by atoms with Crippen LogP contribution in [0, 0.1) is 0 Å². The molecule has 1 heterocycles. The molecule has 0 saturated carbocycles. The lowest BCUT2D eigenvalue weighted by molar-refractivity contribution is 0.0697. The summed E-state index contributed by atoms with van der Waals surface area (Å²) >= 11 is 3.19. The van der Waals surface area contributed by atoms with Gasteiger partial charge < -0.3 is 10.8 Å². The number of rotatable bonds is 4. The molecule has 21 heavy (non-hydrogen) atoms. The molecule has 0 saturated heterocycles. The van der Waals surface area contributed by atoms with Crippen molar-refractivity contribution in [1.82, 2.24) is 4.98 Å². The zero-order chi connectivity index (χ0) is 15.6. The molecule has 4 N–H and O–H groups in total. The SMILES string of the molecule is Nc1cc(C(=O)O)ccc1S(=O)(=O)Nc1ccc(Br)cn1. The number of sulfonamides is 1. The van der Waals surface area contributed by atoms with Crippen LogP contribution in [0.4, 0.5) is 11.5 Å². The Bertz CT molecular complexity index is 791. The van der Waals surface area contributed by atoms with E-state index in [-0.39, 0.29) is 22.0 Å². The number of anilines is 2. The Labute approximate surface area is 129 Å². The van der Waals surface area contributed by atoms with E-state index in [1.807, 2.05) is 0 Å². The first-order valence-corrected chi connectivity index (χ1v) is 7.84. The lowest BCUT2D eigenvalue weighted by atomic mass is 10.2. The molecule has 7 nitrogen and oxygen atoms in total. The fraction of sp³-hybridized carbons (Fsp3) is 0. The van der Waals surface area contributed by atoms with Gasteiger partial charge >= 0.3 is 5.97 Å². The molecule has 0 atom stereocenters. The van der Waals surface area contributed by atoms with Gasteiger partial charge in [0, 0.05) is 10.7 Å². The third kappa shape index (κ3) is 3.50. The zero-order valence-electron chi connectivity index (χ0n) is 10.4. The highest BCUT2D eigenvalue weighted by Gasteiger charge is 2.19. The molecule has 2 rings (SSSR count). The lowest BCUT2D eigenvalue weighted by Crippen LogP contribution is -2.16. The van der Waals surface area contributed by atoms with E-state index in [0.29, 0.717) is 4.47 Å². The smallest absolute Gasteiger partial charge is 0.335 e.